The van der Waals surface area contributed by atoms with Crippen molar-refractivity contribution in [3.8, 4) is 5.75 Å². The molecule has 6 heteroatoms. The molecule has 34 heavy (non-hydrogen) atoms. The number of anilines is 1. The van der Waals surface area contributed by atoms with E-state index in [4.69, 9.17) is 9.47 Å². The Hall–Kier alpha value is -3.02. The largest absolute Gasteiger partial charge is 0.494 e. The van der Waals surface area contributed by atoms with Crippen LogP contribution in [0.1, 0.15) is 68.1 Å². The molecule has 0 bridgehead atoms. The summed E-state index contributed by atoms with van der Waals surface area (Å²) in [4.78, 5) is 29.7. The number of fused-ring (bicyclic) bond motifs is 1. The molecule has 184 valence electrons. The Morgan fingerprint density at radius 2 is 1.82 bits per heavy atom. The molecule has 0 aromatic heterocycles. The van der Waals surface area contributed by atoms with Crippen LogP contribution in [-0.2, 0) is 24.0 Å². The minimum atomic E-state index is -0.541. The molecule has 0 N–H and O–H groups in total. The topological polar surface area (TPSA) is 59.1 Å². The van der Waals surface area contributed by atoms with Gasteiger partial charge < -0.3 is 19.3 Å². The summed E-state index contributed by atoms with van der Waals surface area (Å²) in [6.07, 6.45) is 2.99. The second-order valence-corrected chi connectivity index (χ2v) is 9.65. The number of carbonyl (C=O) groups excluding carboxylic acids is 2. The van der Waals surface area contributed by atoms with Crippen LogP contribution in [0, 0.1) is 0 Å². The number of carbonyl (C=O) groups is 2. The van der Waals surface area contributed by atoms with Gasteiger partial charge in [-0.25, -0.2) is 4.79 Å². The van der Waals surface area contributed by atoms with Crippen molar-refractivity contribution in [1.29, 1.82) is 0 Å². The van der Waals surface area contributed by atoms with Crippen LogP contribution in [0.15, 0.2) is 36.4 Å². The number of hydrogen-bond acceptors (Lipinski definition) is 4. The maximum absolute atomic E-state index is 13.4. The highest BCUT2D eigenvalue weighted by Crippen LogP contribution is 2.42. The lowest BCUT2D eigenvalue weighted by Crippen LogP contribution is -2.38. The lowest BCUT2D eigenvalue weighted by atomic mass is 9.91. The smallest absolute Gasteiger partial charge is 0.410 e. The van der Waals surface area contributed by atoms with Gasteiger partial charge in [-0.15, -0.1) is 0 Å². The molecule has 0 saturated heterocycles. The first-order valence-electron chi connectivity index (χ1n) is 12.3. The van der Waals surface area contributed by atoms with E-state index in [0.717, 1.165) is 41.8 Å². The number of aryl methyl sites for hydroxylation is 2. The lowest BCUT2D eigenvalue weighted by Gasteiger charge is -2.33. The monoisotopic (exact) mass is 466 g/mol. The summed E-state index contributed by atoms with van der Waals surface area (Å²) in [5.74, 6) is 0.734. The molecule has 0 atom stereocenters. The summed E-state index contributed by atoms with van der Waals surface area (Å²) in [6.45, 7) is 11.4. The van der Waals surface area contributed by atoms with E-state index in [1.165, 1.54) is 5.56 Å². The highest BCUT2D eigenvalue weighted by Gasteiger charge is 2.30. The molecule has 0 aliphatic carbocycles. The van der Waals surface area contributed by atoms with Crippen LogP contribution in [0.2, 0.25) is 0 Å². The van der Waals surface area contributed by atoms with E-state index in [1.54, 1.807) is 12.0 Å². The Morgan fingerprint density at radius 1 is 1.12 bits per heavy atom. The Labute approximate surface area is 203 Å². The molecule has 0 spiro atoms. The van der Waals surface area contributed by atoms with Crippen molar-refractivity contribution in [1.82, 2.24) is 4.90 Å². The highest BCUT2D eigenvalue weighted by atomic mass is 16.6. The molecule has 2 aromatic rings. The van der Waals surface area contributed by atoms with Gasteiger partial charge in [0.2, 0.25) is 0 Å². The fraction of sp³-hybridized carbons (Fsp3) is 0.500. The number of benzene rings is 2. The van der Waals surface area contributed by atoms with Crippen LogP contribution in [0.25, 0.3) is 0 Å². The third-order valence-electron chi connectivity index (χ3n) is 6.14. The van der Waals surface area contributed by atoms with E-state index in [0.29, 0.717) is 31.6 Å². The molecular weight excluding hydrogens is 428 g/mol. The normalized spacial score (nSPS) is 13.3. The van der Waals surface area contributed by atoms with Gasteiger partial charge in [-0.2, -0.15) is 0 Å². The van der Waals surface area contributed by atoms with Gasteiger partial charge in [0.15, 0.2) is 0 Å². The molecule has 3 rings (SSSR count). The van der Waals surface area contributed by atoms with E-state index in [1.807, 2.05) is 62.9 Å². The molecule has 0 fully saturated rings. The van der Waals surface area contributed by atoms with Crippen LogP contribution in [0.3, 0.4) is 0 Å². The minimum Gasteiger partial charge on any atom is -0.494 e. The predicted octanol–water partition coefficient (Wildman–Crippen LogP) is 5.65. The van der Waals surface area contributed by atoms with Gasteiger partial charge in [0.1, 0.15) is 11.4 Å². The van der Waals surface area contributed by atoms with Crippen molar-refractivity contribution in [2.45, 2.75) is 65.9 Å². The van der Waals surface area contributed by atoms with E-state index in [2.05, 4.69) is 13.0 Å². The summed E-state index contributed by atoms with van der Waals surface area (Å²) < 4.78 is 11.6. The lowest BCUT2D eigenvalue weighted by molar-refractivity contribution is 0.0262. The quantitative estimate of drug-likeness (QED) is 0.529. The Bertz CT molecular complexity index is 1010. The molecule has 0 unspecified atom stereocenters. The maximum Gasteiger partial charge on any atom is 0.410 e. The fourth-order valence-corrected chi connectivity index (χ4v) is 4.53. The molecule has 2 aromatic carbocycles. The van der Waals surface area contributed by atoms with E-state index in [9.17, 15) is 9.59 Å². The number of likely N-dealkylation sites (N-methyl/N-ethyl adjacent to an activating group) is 1. The van der Waals surface area contributed by atoms with Gasteiger partial charge in [-0.05, 0) is 76.6 Å². The van der Waals surface area contributed by atoms with Crippen LogP contribution < -0.4 is 9.64 Å². The molecule has 1 aliphatic rings. The van der Waals surface area contributed by atoms with Crippen LogP contribution >= 0.6 is 0 Å². The van der Waals surface area contributed by atoms with Crippen molar-refractivity contribution < 1.29 is 19.1 Å². The fourth-order valence-electron chi connectivity index (χ4n) is 4.53. The molecule has 0 saturated carbocycles. The maximum atomic E-state index is 13.4. The van der Waals surface area contributed by atoms with Gasteiger partial charge >= 0.3 is 6.09 Å². The van der Waals surface area contributed by atoms with Crippen LogP contribution in [-0.4, -0.2) is 49.2 Å². The second kappa shape index (κ2) is 10.9. The van der Waals surface area contributed by atoms with Gasteiger partial charge in [-0.3, -0.25) is 4.79 Å². The number of ether oxygens (including phenoxy) is 2. The number of methoxy groups -OCH3 is 1. The summed E-state index contributed by atoms with van der Waals surface area (Å²) in [5, 5.41) is 0. The summed E-state index contributed by atoms with van der Waals surface area (Å²) in [6, 6.07) is 11.6. The molecule has 1 heterocycles. The van der Waals surface area contributed by atoms with E-state index in [-0.39, 0.29) is 12.0 Å². The average molecular weight is 467 g/mol. The number of rotatable bonds is 7. The van der Waals surface area contributed by atoms with Crippen molar-refractivity contribution in [2.24, 2.45) is 0 Å². The molecule has 6 nitrogen and oxygen atoms in total. The van der Waals surface area contributed by atoms with Crippen LogP contribution in [0.5, 0.6) is 5.75 Å². The number of hydrogen-bond donors (Lipinski definition) is 0. The molecule has 0 radical (unpaired) electrons. The van der Waals surface area contributed by atoms with Gasteiger partial charge in [0.25, 0.3) is 5.91 Å². The summed E-state index contributed by atoms with van der Waals surface area (Å²) in [7, 11) is 1.67. The van der Waals surface area contributed by atoms with Crippen molar-refractivity contribution in [2.75, 3.05) is 31.6 Å². The Kier molecular flexibility index (Phi) is 8.24. The molecular formula is C28H38N2O4. The SMILES string of the molecule is CCc1cc2c(c(OC)c1CCN(CC)C(=O)OC(C)(C)C)N(C(=O)c1ccccc1)CCC2. The van der Waals surface area contributed by atoms with Gasteiger partial charge in [0, 0.05) is 30.8 Å². The van der Waals surface area contributed by atoms with Crippen molar-refractivity contribution >= 4 is 17.7 Å². The van der Waals surface area contributed by atoms with Crippen LogP contribution in [0.4, 0.5) is 10.5 Å². The first kappa shape index (κ1) is 25.6. The van der Waals surface area contributed by atoms with Crippen molar-refractivity contribution in [3.05, 3.63) is 58.7 Å². The second-order valence-electron chi connectivity index (χ2n) is 9.65. The Morgan fingerprint density at radius 3 is 2.41 bits per heavy atom. The first-order valence-corrected chi connectivity index (χ1v) is 12.3. The minimum absolute atomic E-state index is 0.0148. The van der Waals surface area contributed by atoms with E-state index < -0.39 is 5.60 Å². The Balaban J connectivity index is 1.97. The van der Waals surface area contributed by atoms with Crippen molar-refractivity contribution in [3.63, 3.8) is 0 Å². The highest BCUT2D eigenvalue weighted by molar-refractivity contribution is 6.07. The van der Waals surface area contributed by atoms with E-state index >= 15 is 0 Å². The standard InChI is InChI=1S/C28H38N2O4/c1-7-20-19-22-15-12-17-30(26(31)21-13-10-9-11-14-21)24(22)25(33-6)23(20)16-18-29(8-2)27(32)34-28(3,4)5/h9-11,13-14,19H,7-8,12,15-18H2,1-6H3. The third kappa shape index (κ3) is 5.72. The molecule has 2 amide bonds. The first-order chi connectivity index (χ1) is 16.2. The zero-order chi connectivity index (χ0) is 24.9. The van der Waals surface area contributed by atoms with Gasteiger partial charge in [-0.1, -0.05) is 31.2 Å². The predicted molar refractivity (Wildman–Crippen MR) is 136 cm³/mol. The average Bonchev–Trinajstić information content (AvgIpc) is 2.82. The summed E-state index contributed by atoms with van der Waals surface area (Å²) in [5.41, 5.74) is 4.40. The number of amides is 2. The molecule has 1 aliphatic heterocycles. The summed E-state index contributed by atoms with van der Waals surface area (Å²) >= 11 is 0. The zero-order valence-electron chi connectivity index (χ0n) is 21.4. The number of nitrogens with zero attached hydrogens (tertiary/aromatic N) is 2. The van der Waals surface area contributed by atoms with Gasteiger partial charge in [0.05, 0.1) is 12.8 Å². The zero-order valence-corrected chi connectivity index (χ0v) is 21.4. The third-order valence-corrected chi connectivity index (χ3v) is 6.14.